The highest BCUT2D eigenvalue weighted by Gasteiger charge is 2.61. The van der Waals surface area contributed by atoms with Gasteiger partial charge in [-0.3, -0.25) is 4.79 Å². The SMILES string of the molecule is CCOC(=O)N1C(OC)=C[C@H]2[C@@H](CC(=O)OC)[C@H]2N1C(=O)OCC. The first-order valence-corrected chi connectivity index (χ1v) is 7.75. The van der Waals surface area contributed by atoms with Crippen molar-refractivity contribution in [2.24, 2.45) is 11.8 Å². The van der Waals surface area contributed by atoms with Crippen LogP contribution in [0.15, 0.2) is 12.0 Å². The summed E-state index contributed by atoms with van der Waals surface area (Å²) >= 11 is 0. The van der Waals surface area contributed by atoms with Crippen LogP contribution in [0.25, 0.3) is 0 Å². The second-order valence-electron chi connectivity index (χ2n) is 5.28. The van der Waals surface area contributed by atoms with Crippen LogP contribution in [-0.2, 0) is 23.7 Å². The van der Waals surface area contributed by atoms with Gasteiger partial charge in [0.15, 0.2) is 0 Å². The van der Waals surface area contributed by atoms with Crippen LogP contribution in [0.3, 0.4) is 0 Å². The maximum Gasteiger partial charge on any atom is 0.436 e. The van der Waals surface area contributed by atoms with E-state index in [1.807, 2.05) is 0 Å². The van der Waals surface area contributed by atoms with Crippen molar-refractivity contribution in [3.8, 4) is 0 Å². The Bertz CT molecular complexity index is 548. The zero-order valence-corrected chi connectivity index (χ0v) is 14.2. The molecule has 0 N–H and O–H groups in total. The Labute approximate surface area is 140 Å². The summed E-state index contributed by atoms with van der Waals surface area (Å²) in [4.78, 5) is 36.2. The molecule has 9 heteroatoms. The van der Waals surface area contributed by atoms with E-state index in [1.165, 1.54) is 19.2 Å². The molecule has 0 spiro atoms. The smallest absolute Gasteiger partial charge is 0.436 e. The van der Waals surface area contributed by atoms with Gasteiger partial charge in [-0.05, 0) is 19.9 Å². The number of carbonyl (C=O) groups excluding carboxylic acids is 3. The number of carbonyl (C=O) groups is 3. The Kier molecular flexibility index (Phi) is 5.53. The fourth-order valence-corrected chi connectivity index (χ4v) is 2.87. The molecule has 9 nitrogen and oxygen atoms in total. The summed E-state index contributed by atoms with van der Waals surface area (Å²) in [7, 11) is 2.69. The van der Waals surface area contributed by atoms with E-state index in [2.05, 4.69) is 4.74 Å². The average Bonchev–Trinajstić information content (AvgIpc) is 3.25. The normalized spacial score (nSPS) is 24.5. The molecule has 3 atom stereocenters. The van der Waals surface area contributed by atoms with Crippen LogP contribution >= 0.6 is 0 Å². The van der Waals surface area contributed by atoms with Crippen molar-refractivity contribution in [3.05, 3.63) is 12.0 Å². The fourth-order valence-electron chi connectivity index (χ4n) is 2.87. The zero-order valence-electron chi connectivity index (χ0n) is 14.2. The van der Waals surface area contributed by atoms with Gasteiger partial charge in [0.2, 0.25) is 5.88 Å². The minimum absolute atomic E-state index is 0.117. The van der Waals surface area contributed by atoms with Crippen LogP contribution in [0, 0.1) is 11.8 Å². The van der Waals surface area contributed by atoms with Crippen LogP contribution in [0.2, 0.25) is 0 Å². The Balaban J connectivity index is 2.31. The predicted octanol–water partition coefficient (Wildman–Crippen LogP) is 1.50. The van der Waals surface area contributed by atoms with Crippen LogP contribution in [0.4, 0.5) is 9.59 Å². The van der Waals surface area contributed by atoms with Crippen LogP contribution in [-0.4, -0.2) is 61.6 Å². The number of esters is 1. The van der Waals surface area contributed by atoms with E-state index in [4.69, 9.17) is 14.2 Å². The van der Waals surface area contributed by atoms with Gasteiger partial charge in [0.1, 0.15) is 0 Å². The molecule has 2 aliphatic rings. The highest BCUT2D eigenvalue weighted by atomic mass is 16.6. The molecule has 1 fully saturated rings. The van der Waals surface area contributed by atoms with Gasteiger partial charge in [0.25, 0.3) is 0 Å². The van der Waals surface area contributed by atoms with Gasteiger partial charge in [-0.1, -0.05) is 0 Å². The van der Waals surface area contributed by atoms with Gasteiger partial charge in [0.05, 0.1) is 39.9 Å². The molecular formula is C15H22N2O7. The number of amides is 2. The summed E-state index contributed by atoms with van der Waals surface area (Å²) in [5, 5.41) is 2.18. The van der Waals surface area contributed by atoms with Crippen molar-refractivity contribution < 1.29 is 33.3 Å². The van der Waals surface area contributed by atoms with E-state index >= 15 is 0 Å². The molecule has 0 aromatic heterocycles. The molecule has 1 heterocycles. The summed E-state index contributed by atoms with van der Waals surface area (Å²) in [6, 6.07) is -0.383. The van der Waals surface area contributed by atoms with E-state index in [0.29, 0.717) is 0 Å². The largest absolute Gasteiger partial charge is 0.481 e. The summed E-state index contributed by atoms with van der Waals surface area (Å²) < 4.78 is 20.0. The average molecular weight is 342 g/mol. The first-order valence-electron chi connectivity index (χ1n) is 7.75. The Morgan fingerprint density at radius 3 is 2.25 bits per heavy atom. The zero-order chi connectivity index (χ0) is 17.9. The summed E-state index contributed by atoms with van der Waals surface area (Å²) in [5.74, 6) is -0.510. The van der Waals surface area contributed by atoms with Gasteiger partial charge >= 0.3 is 18.2 Å². The monoisotopic (exact) mass is 342 g/mol. The highest BCUT2D eigenvalue weighted by molar-refractivity contribution is 5.78. The van der Waals surface area contributed by atoms with E-state index in [1.54, 1.807) is 19.9 Å². The first kappa shape index (κ1) is 17.9. The third-order valence-corrected chi connectivity index (χ3v) is 3.96. The highest BCUT2D eigenvalue weighted by Crippen LogP contribution is 2.51. The maximum absolute atomic E-state index is 12.4. The van der Waals surface area contributed by atoms with Gasteiger partial charge in [-0.2, -0.15) is 0 Å². The molecule has 2 rings (SSSR count). The van der Waals surface area contributed by atoms with Crippen molar-refractivity contribution in [1.29, 1.82) is 0 Å². The lowest BCUT2D eigenvalue weighted by Gasteiger charge is -2.35. The minimum atomic E-state index is -0.749. The number of ether oxygens (including phenoxy) is 4. The molecule has 0 aromatic rings. The number of hydrazine groups is 1. The van der Waals surface area contributed by atoms with Crippen molar-refractivity contribution in [1.82, 2.24) is 10.0 Å². The number of fused-ring (bicyclic) bond motifs is 1. The molecule has 0 aromatic carbocycles. The standard InChI is InChI=1S/C15H22N2O7/c1-5-23-14(19)16-11(21-3)7-9-10(8-12(18)22-4)13(9)17(16)15(20)24-6-2/h7,9-10,13H,5-6,8H2,1-4H3/t9-,10+,13-/m0/s1. The molecule has 1 aliphatic carbocycles. The third-order valence-electron chi connectivity index (χ3n) is 3.96. The molecule has 1 aliphatic heterocycles. The Morgan fingerprint density at radius 2 is 1.71 bits per heavy atom. The third kappa shape index (κ3) is 3.24. The maximum atomic E-state index is 12.4. The lowest BCUT2D eigenvalue weighted by molar-refractivity contribution is -0.141. The van der Waals surface area contributed by atoms with Crippen molar-refractivity contribution in [2.75, 3.05) is 27.4 Å². The van der Waals surface area contributed by atoms with Gasteiger partial charge < -0.3 is 18.9 Å². The van der Waals surface area contributed by atoms with Gasteiger partial charge in [0, 0.05) is 11.8 Å². The van der Waals surface area contributed by atoms with Crippen molar-refractivity contribution in [3.63, 3.8) is 0 Å². The molecule has 0 saturated heterocycles. The molecule has 134 valence electrons. The van der Waals surface area contributed by atoms with Crippen LogP contribution < -0.4 is 0 Å². The summed E-state index contributed by atoms with van der Waals surface area (Å²) in [6.07, 6.45) is 0.396. The van der Waals surface area contributed by atoms with Gasteiger partial charge in [-0.25, -0.2) is 14.6 Å². The van der Waals surface area contributed by atoms with E-state index in [-0.39, 0.29) is 49.4 Å². The molecule has 0 bridgehead atoms. The van der Waals surface area contributed by atoms with Crippen LogP contribution in [0.1, 0.15) is 20.3 Å². The molecule has 24 heavy (non-hydrogen) atoms. The second kappa shape index (κ2) is 7.41. The Hall–Kier alpha value is -2.45. The topological polar surface area (TPSA) is 94.6 Å². The van der Waals surface area contributed by atoms with E-state index in [9.17, 15) is 14.4 Å². The summed E-state index contributed by atoms with van der Waals surface area (Å²) in [5.41, 5.74) is 0. The molecule has 0 radical (unpaired) electrons. The van der Waals surface area contributed by atoms with E-state index < -0.39 is 12.2 Å². The number of nitrogens with zero attached hydrogens (tertiary/aromatic N) is 2. The number of hydrogen-bond acceptors (Lipinski definition) is 7. The summed E-state index contributed by atoms with van der Waals surface area (Å²) in [6.45, 7) is 3.62. The lowest BCUT2D eigenvalue weighted by atomic mass is 10.2. The quantitative estimate of drug-likeness (QED) is 0.552. The number of rotatable bonds is 5. The van der Waals surface area contributed by atoms with Crippen molar-refractivity contribution in [2.45, 2.75) is 26.3 Å². The molecular weight excluding hydrogens is 320 g/mol. The second-order valence-corrected chi connectivity index (χ2v) is 5.28. The van der Waals surface area contributed by atoms with Gasteiger partial charge in [-0.15, -0.1) is 5.01 Å². The van der Waals surface area contributed by atoms with E-state index in [0.717, 1.165) is 5.01 Å². The fraction of sp³-hybridized carbons (Fsp3) is 0.667. The Morgan fingerprint density at radius 1 is 1.08 bits per heavy atom. The molecule has 1 saturated carbocycles. The minimum Gasteiger partial charge on any atom is -0.481 e. The first-order chi connectivity index (χ1) is 11.5. The molecule has 2 amide bonds. The number of methoxy groups -OCH3 is 2. The predicted molar refractivity (Wildman–Crippen MR) is 80.2 cm³/mol. The lowest BCUT2D eigenvalue weighted by Crippen LogP contribution is -2.53. The number of hydrogen-bond donors (Lipinski definition) is 0. The van der Waals surface area contributed by atoms with Crippen molar-refractivity contribution >= 4 is 18.2 Å². The molecule has 0 unspecified atom stereocenters. The van der Waals surface area contributed by atoms with Crippen LogP contribution in [0.5, 0.6) is 0 Å².